The van der Waals surface area contributed by atoms with E-state index in [0.29, 0.717) is 13.0 Å². The Morgan fingerprint density at radius 3 is 2.48 bits per heavy atom. The number of rotatable bonds is 8. The van der Waals surface area contributed by atoms with Crippen LogP contribution in [0.25, 0.3) is 0 Å². The molecule has 3 rings (SSSR count). The van der Waals surface area contributed by atoms with Crippen LogP contribution in [0.5, 0.6) is 11.5 Å². The number of aryl methyl sites for hydroxylation is 3. The molecule has 1 heterocycles. The highest BCUT2D eigenvalue weighted by Crippen LogP contribution is 2.33. The van der Waals surface area contributed by atoms with E-state index in [2.05, 4.69) is 54.4 Å². The van der Waals surface area contributed by atoms with Gasteiger partial charge in [0.1, 0.15) is 0 Å². The van der Waals surface area contributed by atoms with E-state index in [1.165, 1.54) is 27.8 Å². The van der Waals surface area contributed by atoms with Crippen LogP contribution in [0.4, 0.5) is 0 Å². The zero-order chi connectivity index (χ0) is 20.8. The zero-order valence-electron chi connectivity index (χ0n) is 18.0. The largest absolute Gasteiger partial charge is 0.493 e. The molecular weight excluding hydrogens is 364 g/mol. The quantitative estimate of drug-likeness (QED) is 0.743. The van der Waals surface area contributed by atoms with E-state index in [4.69, 9.17) is 9.47 Å². The van der Waals surface area contributed by atoms with Gasteiger partial charge in [0.15, 0.2) is 11.5 Å². The molecule has 5 nitrogen and oxygen atoms in total. The van der Waals surface area contributed by atoms with Crippen molar-refractivity contribution >= 4 is 5.91 Å². The lowest BCUT2D eigenvalue weighted by molar-refractivity contribution is -0.121. The van der Waals surface area contributed by atoms with Crippen LogP contribution >= 0.6 is 0 Å². The third-order valence-corrected chi connectivity index (χ3v) is 5.67. The Hall–Kier alpha value is -2.53. The van der Waals surface area contributed by atoms with Gasteiger partial charge in [0, 0.05) is 32.6 Å². The van der Waals surface area contributed by atoms with E-state index < -0.39 is 0 Å². The van der Waals surface area contributed by atoms with Crippen LogP contribution in [0.1, 0.15) is 34.2 Å². The number of amides is 1. The first kappa shape index (κ1) is 21.2. The first-order valence-corrected chi connectivity index (χ1v) is 10.3. The fourth-order valence-electron chi connectivity index (χ4n) is 3.95. The van der Waals surface area contributed by atoms with Gasteiger partial charge in [-0.1, -0.05) is 23.8 Å². The summed E-state index contributed by atoms with van der Waals surface area (Å²) in [4.78, 5) is 14.6. The summed E-state index contributed by atoms with van der Waals surface area (Å²) >= 11 is 0. The maximum atomic E-state index is 12.2. The fraction of sp³-hybridized carbons (Fsp3) is 0.458. The van der Waals surface area contributed by atoms with Crippen molar-refractivity contribution in [3.63, 3.8) is 0 Å². The lowest BCUT2D eigenvalue weighted by Crippen LogP contribution is -2.37. The second kappa shape index (κ2) is 9.79. The first-order chi connectivity index (χ1) is 14.0. The third-order valence-electron chi connectivity index (χ3n) is 5.67. The minimum atomic E-state index is 0.119. The summed E-state index contributed by atoms with van der Waals surface area (Å²) in [6.07, 6.45) is 2.30. The molecule has 0 aliphatic carbocycles. The van der Waals surface area contributed by atoms with Crippen LogP contribution in [0, 0.1) is 13.8 Å². The number of hydrogen-bond donors (Lipinski definition) is 1. The molecule has 5 heteroatoms. The minimum Gasteiger partial charge on any atom is -0.493 e. The summed E-state index contributed by atoms with van der Waals surface area (Å²) in [5.74, 6) is 1.68. The Morgan fingerprint density at radius 2 is 1.79 bits per heavy atom. The molecule has 1 amide bonds. The number of nitrogens with one attached hydrogen (secondary N) is 1. The van der Waals surface area contributed by atoms with Gasteiger partial charge in [0.2, 0.25) is 5.91 Å². The number of fused-ring (bicyclic) bond motifs is 1. The molecule has 2 aromatic rings. The Balaban J connectivity index is 1.44. The van der Waals surface area contributed by atoms with Crippen molar-refractivity contribution in [2.45, 2.75) is 39.7 Å². The van der Waals surface area contributed by atoms with Crippen LogP contribution in [0.15, 0.2) is 30.3 Å². The maximum Gasteiger partial charge on any atom is 0.220 e. The highest BCUT2D eigenvalue weighted by atomic mass is 16.5. The van der Waals surface area contributed by atoms with Gasteiger partial charge >= 0.3 is 0 Å². The molecule has 0 radical (unpaired) electrons. The smallest absolute Gasteiger partial charge is 0.220 e. The molecule has 0 saturated carbocycles. The first-order valence-electron chi connectivity index (χ1n) is 10.3. The Morgan fingerprint density at radius 1 is 1.07 bits per heavy atom. The normalized spacial score (nSPS) is 13.7. The van der Waals surface area contributed by atoms with Gasteiger partial charge in [-0.2, -0.15) is 0 Å². The van der Waals surface area contributed by atoms with Crippen LogP contribution in [0.3, 0.4) is 0 Å². The van der Waals surface area contributed by atoms with E-state index in [-0.39, 0.29) is 5.91 Å². The minimum absolute atomic E-state index is 0.119. The van der Waals surface area contributed by atoms with Crippen molar-refractivity contribution in [1.29, 1.82) is 0 Å². The van der Waals surface area contributed by atoms with Crippen molar-refractivity contribution in [2.24, 2.45) is 0 Å². The highest BCUT2D eigenvalue weighted by Gasteiger charge is 2.19. The third kappa shape index (κ3) is 5.51. The summed E-state index contributed by atoms with van der Waals surface area (Å²) in [5, 5.41) is 3.07. The summed E-state index contributed by atoms with van der Waals surface area (Å²) in [6, 6.07) is 10.6. The average molecular weight is 397 g/mol. The van der Waals surface area contributed by atoms with Gasteiger partial charge in [-0.3, -0.25) is 9.69 Å². The number of nitrogens with zero attached hydrogens (tertiary/aromatic N) is 1. The molecule has 0 bridgehead atoms. The van der Waals surface area contributed by atoms with E-state index in [0.717, 1.165) is 44.0 Å². The Bertz CT molecular complexity index is 863. The lowest BCUT2D eigenvalue weighted by atomic mass is 9.99. The molecule has 156 valence electrons. The number of ether oxygens (including phenoxy) is 2. The second-order valence-corrected chi connectivity index (χ2v) is 7.78. The van der Waals surface area contributed by atoms with E-state index in [9.17, 15) is 4.79 Å². The molecule has 1 aliphatic heterocycles. The number of benzene rings is 2. The summed E-state index contributed by atoms with van der Waals surface area (Å²) < 4.78 is 10.8. The van der Waals surface area contributed by atoms with Gasteiger partial charge in [0.25, 0.3) is 0 Å². The van der Waals surface area contributed by atoms with Crippen molar-refractivity contribution in [2.75, 3.05) is 33.9 Å². The van der Waals surface area contributed by atoms with Crippen molar-refractivity contribution in [1.82, 2.24) is 10.2 Å². The van der Waals surface area contributed by atoms with Crippen LogP contribution < -0.4 is 14.8 Å². The van der Waals surface area contributed by atoms with Crippen LogP contribution in [-0.4, -0.2) is 44.7 Å². The summed E-state index contributed by atoms with van der Waals surface area (Å²) in [6.45, 7) is 7.58. The van der Waals surface area contributed by atoms with Crippen molar-refractivity contribution in [3.8, 4) is 11.5 Å². The molecule has 29 heavy (non-hydrogen) atoms. The number of hydrogen-bond acceptors (Lipinski definition) is 4. The zero-order valence-corrected chi connectivity index (χ0v) is 18.0. The van der Waals surface area contributed by atoms with E-state index in [1.807, 2.05) is 0 Å². The predicted molar refractivity (Wildman–Crippen MR) is 116 cm³/mol. The molecule has 1 N–H and O–H groups in total. The molecular formula is C24H32N2O3. The monoisotopic (exact) mass is 396 g/mol. The maximum absolute atomic E-state index is 12.2. The molecule has 0 fully saturated rings. The second-order valence-electron chi connectivity index (χ2n) is 7.78. The molecule has 0 saturated heterocycles. The SMILES string of the molecule is COc1cc2c(cc1OC)CN(CCNC(=O)CCc1ccc(C)cc1C)CC2. The Labute approximate surface area is 174 Å². The van der Waals surface area contributed by atoms with Gasteiger partial charge in [-0.15, -0.1) is 0 Å². The van der Waals surface area contributed by atoms with Crippen molar-refractivity contribution in [3.05, 3.63) is 58.1 Å². The highest BCUT2D eigenvalue weighted by molar-refractivity contribution is 5.76. The number of methoxy groups -OCH3 is 2. The average Bonchev–Trinajstić information content (AvgIpc) is 2.72. The molecule has 0 atom stereocenters. The van der Waals surface area contributed by atoms with Crippen molar-refractivity contribution < 1.29 is 14.3 Å². The summed E-state index contributed by atoms with van der Waals surface area (Å²) in [7, 11) is 3.33. The molecule has 2 aromatic carbocycles. The molecule has 0 aromatic heterocycles. The standard InChI is InChI=1S/C24H32N2O3/c1-17-5-6-19(18(2)13-17)7-8-24(27)25-10-12-26-11-9-20-14-22(28-3)23(29-4)15-21(20)16-26/h5-6,13-15H,7-12,16H2,1-4H3,(H,25,27). The molecule has 1 aliphatic rings. The Kier molecular flexibility index (Phi) is 7.15. The van der Waals surface area contributed by atoms with Gasteiger partial charge in [0.05, 0.1) is 14.2 Å². The fourth-order valence-corrected chi connectivity index (χ4v) is 3.95. The van der Waals surface area contributed by atoms with Gasteiger partial charge in [-0.05, 0) is 61.1 Å². The number of carbonyl (C=O) groups is 1. The van der Waals surface area contributed by atoms with Gasteiger partial charge in [-0.25, -0.2) is 0 Å². The predicted octanol–water partition coefficient (Wildman–Crippen LogP) is 3.43. The summed E-state index contributed by atoms with van der Waals surface area (Å²) in [5.41, 5.74) is 6.36. The molecule has 0 spiro atoms. The number of carbonyl (C=O) groups excluding carboxylic acids is 1. The van der Waals surface area contributed by atoms with E-state index >= 15 is 0 Å². The van der Waals surface area contributed by atoms with Crippen LogP contribution in [0.2, 0.25) is 0 Å². The van der Waals surface area contributed by atoms with Gasteiger partial charge < -0.3 is 14.8 Å². The topological polar surface area (TPSA) is 50.8 Å². The lowest BCUT2D eigenvalue weighted by Gasteiger charge is -2.29. The van der Waals surface area contributed by atoms with E-state index in [1.54, 1.807) is 14.2 Å². The molecule has 0 unspecified atom stereocenters. The van der Waals surface area contributed by atoms with Crippen LogP contribution in [-0.2, 0) is 24.2 Å².